The van der Waals surface area contributed by atoms with Gasteiger partial charge in [0.25, 0.3) is 5.91 Å². The van der Waals surface area contributed by atoms with Crippen LogP contribution in [0.3, 0.4) is 0 Å². The minimum Gasteiger partial charge on any atom is -0.481 e. The first-order valence-electron chi connectivity index (χ1n) is 7.56. The van der Waals surface area contributed by atoms with Crippen molar-refractivity contribution in [3.8, 4) is 0 Å². The van der Waals surface area contributed by atoms with E-state index in [1.165, 1.54) is 10.4 Å². The Morgan fingerprint density at radius 1 is 1.09 bits per heavy atom. The largest absolute Gasteiger partial charge is 0.481 e. The van der Waals surface area contributed by atoms with Gasteiger partial charge >= 0.3 is 5.97 Å². The Morgan fingerprint density at radius 2 is 1.70 bits per heavy atom. The van der Waals surface area contributed by atoms with Crippen LogP contribution in [-0.4, -0.2) is 34.6 Å². The number of hydrogen-bond donors (Lipinski definition) is 3. The zero-order chi connectivity index (χ0) is 16.8. The summed E-state index contributed by atoms with van der Waals surface area (Å²) in [4.78, 5) is 37.0. The van der Waals surface area contributed by atoms with E-state index < -0.39 is 29.6 Å². The molecule has 2 amide bonds. The van der Waals surface area contributed by atoms with Crippen LogP contribution in [0.4, 0.5) is 5.69 Å². The smallest absolute Gasteiger partial charge is 0.307 e. The normalized spacial score (nSPS) is 20.6. The number of amides is 2. The lowest BCUT2D eigenvalue weighted by Gasteiger charge is -2.32. The SMILES string of the molecule is O=C(CN(C(=O)[C@@H]1CCCC[C@@H]1C(=O)O)c1ccccc1)NO. The monoisotopic (exact) mass is 320 g/mol. The van der Waals surface area contributed by atoms with Gasteiger partial charge in [-0.05, 0) is 25.0 Å². The van der Waals surface area contributed by atoms with Crippen molar-refractivity contribution >= 4 is 23.5 Å². The minimum atomic E-state index is -0.984. The van der Waals surface area contributed by atoms with E-state index in [1.54, 1.807) is 30.3 Å². The molecule has 1 aromatic rings. The molecule has 124 valence electrons. The summed E-state index contributed by atoms with van der Waals surface area (Å²) in [6.07, 6.45) is 2.51. The van der Waals surface area contributed by atoms with Crippen LogP contribution >= 0.6 is 0 Å². The highest BCUT2D eigenvalue weighted by Gasteiger charge is 2.38. The van der Waals surface area contributed by atoms with Crippen LogP contribution in [0.2, 0.25) is 0 Å². The Hall–Kier alpha value is -2.41. The van der Waals surface area contributed by atoms with E-state index in [1.807, 2.05) is 0 Å². The number of para-hydroxylation sites is 1. The molecule has 0 heterocycles. The Balaban J connectivity index is 2.28. The number of aliphatic carboxylic acids is 1. The van der Waals surface area contributed by atoms with Gasteiger partial charge in [0.15, 0.2) is 0 Å². The summed E-state index contributed by atoms with van der Waals surface area (Å²) in [6.45, 7) is -0.359. The number of benzene rings is 1. The van der Waals surface area contributed by atoms with Crippen molar-refractivity contribution < 1.29 is 24.7 Å². The molecule has 7 nitrogen and oxygen atoms in total. The number of hydrogen-bond acceptors (Lipinski definition) is 4. The molecular weight excluding hydrogens is 300 g/mol. The zero-order valence-electron chi connectivity index (χ0n) is 12.6. The third-order valence-corrected chi connectivity index (χ3v) is 4.16. The fourth-order valence-electron chi connectivity index (χ4n) is 3.01. The molecule has 1 aromatic carbocycles. The van der Waals surface area contributed by atoms with Gasteiger partial charge < -0.3 is 10.0 Å². The van der Waals surface area contributed by atoms with Crippen molar-refractivity contribution in [1.82, 2.24) is 5.48 Å². The van der Waals surface area contributed by atoms with Gasteiger partial charge in [0.2, 0.25) is 5.91 Å². The second-order valence-electron chi connectivity index (χ2n) is 5.63. The summed E-state index contributed by atoms with van der Waals surface area (Å²) in [6, 6.07) is 8.56. The van der Waals surface area contributed by atoms with E-state index in [0.717, 1.165) is 12.8 Å². The second kappa shape index (κ2) is 7.73. The van der Waals surface area contributed by atoms with E-state index in [0.29, 0.717) is 18.5 Å². The van der Waals surface area contributed by atoms with E-state index >= 15 is 0 Å². The highest BCUT2D eigenvalue weighted by atomic mass is 16.5. The summed E-state index contributed by atoms with van der Waals surface area (Å²) in [5, 5.41) is 18.1. The van der Waals surface area contributed by atoms with Gasteiger partial charge in [-0.3, -0.25) is 19.6 Å². The molecular formula is C16H20N2O5. The van der Waals surface area contributed by atoms with E-state index in [-0.39, 0.29) is 6.54 Å². The van der Waals surface area contributed by atoms with Crippen LogP contribution in [-0.2, 0) is 14.4 Å². The highest BCUT2D eigenvalue weighted by Crippen LogP contribution is 2.33. The molecule has 0 bridgehead atoms. The van der Waals surface area contributed by atoms with Gasteiger partial charge in [0.1, 0.15) is 6.54 Å². The van der Waals surface area contributed by atoms with E-state index in [9.17, 15) is 19.5 Å². The zero-order valence-corrected chi connectivity index (χ0v) is 12.6. The molecule has 7 heteroatoms. The fraction of sp³-hybridized carbons (Fsp3) is 0.438. The van der Waals surface area contributed by atoms with Crippen molar-refractivity contribution in [2.45, 2.75) is 25.7 Å². The second-order valence-corrected chi connectivity index (χ2v) is 5.63. The molecule has 1 aliphatic carbocycles. The number of anilines is 1. The van der Waals surface area contributed by atoms with Crippen LogP contribution < -0.4 is 10.4 Å². The predicted octanol–water partition coefficient (Wildman–Crippen LogP) is 1.42. The van der Waals surface area contributed by atoms with E-state index in [4.69, 9.17) is 5.21 Å². The summed E-state index contributed by atoms with van der Waals surface area (Å²) in [5.41, 5.74) is 2.00. The molecule has 3 N–H and O–H groups in total. The van der Waals surface area contributed by atoms with Crippen molar-refractivity contribution in [3.63, 3.8) is 0 Å². The lowest BCUT2D eigenvalue weighted by atomic mass is 9.78. The topological polar surface area (TPSA) is 107 Å². The number of hydroxylamine groups is 1. The first-order valence-corrected chi connectivity index (χ1v) is 7.56. The predicted molar refractivity (Wildman–Crippen MR) is 81.8 cm³/mol. The lowest BCUT2D eigenvalue weighted by Crippen LogP contribution is -2.46. The number of nitrogens with one attached hydrogen (secondary N) is 1. The first-order chi connectivity index (χ1) is 11.0. The number of nitrogens with zero attached hydrogens (tertiary/aromatic N) is 1. The molecule has 0 spiro atoms. The molecule has 23 heavy (non-hydrogen) atoms. The van der Waals surface area contributed by atoms with Gasteiger partial charge in [0, 0.05) is 5.69 Å². The van der Waals surface area contributed by atoms with Crippen molar-refractivity contribution in [3.05, 3.63) is 30.3 Å². The molecule has 1 saturated carbocycles. The summed E-state index contributed by atoms with van der Waals surface area (Å²) >= 11 is 0. The fourth-order valence-corrected chi connectivity index (χ4v) is 3.01. The first kappa shape index (κ1) is 17.0. The average molecular weight is 320 g/mol. The van der Waals surface area contributed by atoms with Crippen molar-refractivity contribution in [2.75, 3.05) is 11.4 Å². The quantitative estimate of drug-likeness (QED) is 0.562. The molecule has 2 rings (SSSR count). The van der Waals surface area contributed by atoms with Crippen molar-refractivity contribution in [1.29, 1.82) is 0 Å². The van der Waals surface area contributed by atoms with E-state index in [2.05, 4.69) is 0 Å². The average Bonchev–Trinajstić information content (AvgIpc) is 2.59. The lowest BCUT2D eigenvalue weighted by molar-refractivity contribution is -0.148. The van der Waals surface area contributed by atoms with Crippen LogP contribution in [0, 0.1) is 11.8 Å². The Morgan fingerprint density at radius 3 is 2.26 bits per heavy atom. The minimum absolute atomic E-state index is 0.359. The molecule has 0 radical (unpaired) electrons. The number of rotatable bonds is 5. The summed E-state index contributed by atoms with van der Waals surface area (Å²) in [7, 11) is 0. The Kier molecular flexibility index (Phi) is 5.70. The highest BCUT2D eigenvalue weighted by molar-refractivity contribution is 6.01. The van der Waals surface area contributed by atoms with Gasteiger partial charge in [-0.15, -0.1) is 0 Å². The molecule has 0 unspecified atom stereocenters. The van der Waals surface area contributed by atoms with Crippen LogP contribution in [0.25, 0.3) is 0 Å². The van der Waals surface area contributed by atoms with Gasteiger partial charge in [0.05, 0.1) is 11.8 Å². The van der Waals surface area contributed by atoms with Crippen molar-refractivity contribution in [2.24, 2.45) is 11.8 Å². The Labute approximate surface area is 133 Å². The molecule has 0 aliphatic heterocycles. The molecule has 0 aromatic heterocycles. The number of carboxylic acids is 1. The van der Waals surface area contributed by atoms with Gasteiger partial charge in [-0.2, -0.15) is 0 Å². The van der Waals surface area contributed by atoms with Crippen LogP contribution in [0.5, 0.6) is 0 Å². The van der Waals surface area contributed by atoms with Crippen LogP contribution in [0.1, 0.15) is 25.7 Å². The molecule has 1 aliphatic rings. The third kappa shape index (κ3) is 4.07. The summed E-state index contributed by atoms with van der Waals surface area (Å²) < 4.78 is 0. The third-order valence-electron chi connectivity index (χ3n) is 4.16. The Bertz CT molecular complexity index is 575. The van der Waals surface area contributed by atoms with Crippen LogP contribution in [0.15, 0.2) is 30.3 Å². The summed E-state index contributed by atoms with van der Waals surface area (Å²) in [5.74, 6) is -3.51. The standard InChI is InChI=1S/C16H20N2O5/c19-14(17-23)10-18(11-6-2-1-3-7-11)15(20)12-8-4-5-9-13(12)16(21)22/h1-3,6-7,12-13,23H,4-5,8-10H2,(H,17,19)(H,21,22)/t12-,13+/m1/s1. The molecule has 0 saturated heterocycles. The number of carbonyl (C=O) groups is 3. The molecule has 1 fully saturated rings. The number of carbonyl (C=O) groups excluding carboxylic acids is 2. The van der Waals surface area contributed by atoms with Gasteiger partial charge in [-0.25, -0.2) is 5.48 Å². The van der Waals surface area contributed by atoms with Gasteiger partial charge in [-0.1, -0.05) is 31.0 Å². The number of carboxylic acid groups (broad SMARTS) is 1. The maximum atomic E-state index is 12.9. The maximum Gasteiger partial charge on any atom is 0.307 e. The molecule has 2 atom stereocenters. The maximum absolute atomic E-state index is 12.9.